The summed E-state index contributed by atoms with van der Waals surface area (Å²) in [4.78, 5) is 13.1. The van der Waals surface area contributed by atoms with Gasteiger partial charge in [-0.3, -0.25) is 0 Å². The molecule has 0 fully saturated rings. The summed E-state index contributed by atoms with van der Waals surface area (Å²) in [5.74, 6) is 0.194. The molecule has 1 atom stereocenters. The molecule has 6 nitrogen and oxygen atoms in total. The number of benzene rings is 1. The highest BCUT2D eigenvalue weighted by atomic mass is 16.5. The van der Waals surface area contributed by atoms with Gasteiger partial charge in [0.15, 0.2) is 11.5 Å². The first-order valence-corrected chi connectivity index (χ1v) is 4.09. The SMILES string of the molecule is COc1ccc(C(C=O)N=[N+]=[N-])cc1O. The third-order valence-electron chi connectivity index (χ3n) is 1.85. The number of carbonyl (C=O) groups excluding carboxylic acids is 1. The van der Waals surface area contributed by atoms with E-state index in [4.69, 9.17) is 10.3 Å². The molecule has 0 heterocycles. The molecule has 0 aliphatic rings. The van der Waals surface area contributed by atoms with Crippen molar-refractivity contribution in [2.75, 3.05) is 7.11 Å². The number of aldehydes is 1. The van der Waals surface area contributed by atoms with Gasteiger partial charge < -0.3 is 14.6 Å². The monoisotopic (exact) mass is 207 g/mol. The van der Waals surface area contributed by atoms with Gasteiger partial charge in [0, 0.05) is 4.91 Å². The number of aromatic hydroxyl groups is 1. The molecule has 0 spiro atoms. The Kier molecular flexibility index (Phi) is 3.54. The number of phenols is 1. The van der Waals surface area contributed by atoms with Crippen LogP contribution in [-0.2, 0) is 4.79 Å². The second kappa shape index (κ2) is 4.88. The predicted octanol–water partition coefficient (Wildman–Crippen LogP) is 1.95. The van der Waals surface area contributed by atoms with E-state index in [0.29, 0.717) is 17.6 Å². The van der Waals surface area contributed by atoms with Crippen LogP contribution in [0.15, 0.2) is 23.3 Å². The van der Waals surface area contributed by atoms with Crippen LogP contribution < -0.4 is 4.74 Å². The van der Waals surface area contributed by atoms with Crippen LogP contribution in [0.1, 0.15) is 11.6 Å². The molecular formula is C9H9N3O3. The fraction of sp³-hybridized carbons (Fsp3) is 0.222. The lowest BCUT2D eigenvalue weighted by atomic mass is 10.1. The van der Waals surface area contributed by atoms with E-state index in [9.17, 15) is 9.90 Å². The van der Waals surface area contributed by atoms with Gasteiger partial charge >= 0.3 is 0 Å². The molecule has 0 saturated carbocycles. The minimum atomic E-state index is -0.924. The summed E-state index contributed by atoms with van der Waals surface area (Å²) in [5, 5.41) is 12.7. The largest absolute Gasteiger partial charge is 0.504 e. The minimum Gasteiger partial charge on any atom is -0.504 e. The van der Waals surface area contributed by atoms with Crippen LogP contribution in [0.3, 0.4) is 0 Å². The topological polar surface area (TPSA) is 95.3 Å². The second-order valence-electron chi connectivity index (χ2n) is 2.72. The first-order chi connectivity index (χ1) is 7.22. The standard InChI is InChI=1S/C9H9N3O3/c1-15-9-3-2-6(4-8(9)14)7(5-13)11-12-10/h2-5,7,14H,1H3. The van der Waals surface area contributed by atoms with Gasteiger partial charge in [0.25, 0.3) is 0 Å². The van der Waals surface area contributed by atoms with Gasteiger partial charge in [0.1, 0.15) is 12.3 Å². The van der Waals surface area contributed by atoms with Crippen molar-refractivity contribution >= 4 is 6.29 Å². The fourth-order valence-electron chi connectivity index (χ4n) is 1.12. The zero-order chi connectivity index (χ0) is 11.3. The molecule has 0 radical (unpaired) electrons. The molecule has 0 aromatic heterocycles. The molecule has 1 N–H and O–H groups in total. The Morgan fingerprint density at radius 1 is 1.67 bits per heavy atom. The quantitative estimate of drug-likeness (QED) is 0.353. The van der Waals surface area contributed by atoms with E-state index in [1.54, 1.807) is 6.07 Å². The Hall–Kier alpha value is -2.20. The lowest BCUT2D eigenvalue weighted by Gasteiger charge is -2.07. The summed E-state index contributed by atoms with van der Waals surface area (Å²) in [7, 11) is 1.42. The summed E-state index contributed by atoms with van der Waals surface area (Å²) in [6.07, 6.45) is 0.501. The highest BCUT2D eigenvalue weighted by Gasteiger charge is 2.10. The second-order valence-corrected chi connectivity index (χ2v) is 2.72. The normalized spacial score (nSPS) is 11.3. The van der Waals surface area contributed by atoms with E-state index < -0.39 is 6.04 Å². The van der Waals surface area contributed by atoms with E-state index in [-0.39, 0.29) is 5.75 Å². The number of nitrogens with zero attached hydrogens (tertiary/aromatic N) is 3. The minimum absolute atomic E-state index is 0.102. The number of phenolic OH excluding ortho intramolecular Hbond substituents is 1. The van der Waals surface area contributed by atoms with Gasteiger partial charge in [-0.2, -0.15) is 0 Å². The lowest BCUT2D eigenvalue weighted by Crippen LogP contribution is -1.95. The van der Waals surface area contributed by atoms with Gasteiger partial charge in [0.05, 0.1) is 7.11 Å². The van der Waals surface area contributed by atoms with E-state index in [2.05, 4.69) is 10.0 Å². The van der Waals surface area contributed by atoms with Crippen LogP contribution in [0.25, 0.3) is 10.4 Å². The average molecular weight is 207 g/mol. The zero-order valence-corrected chi connectivity index (χ0v) is 7.99. The summed E-state index contributed by atoms with van der Waals surface area (Å²) in [6, 6.07) is 3.44. The van der Waals surface area contributed by atoms with Crippen LogP contribution >= 0.6 is 0 Å². The highest BCUT2D eigenvalue weighted by molar-refractivity contribution is 5.62. The molecule has 78 valence electrons. The number of methoxy groups -OCH3 is 1. The van der Waals surface area contributed by atoms with Crippen molar-refractivity contribution in [3.63, 3.8) is 0 Å². The third-order valence-corrected chi connectivity index (χ3v) is 1.85. The first-order valence-electron chi connectivity index (χ1n) is 4.09. The predicted molar refractivity (Wildman–Crippen MR) is 52.6 cm³/mol. The van der Waals surface area contributed by atoms with Crippen molar-refractivity contribution in [3.05, 3.63) is 34.2 Å². The van der Waals surface area contributed by atoms with Gasteiger partial charge in [-0.15, -0.1) is 0 Å². The highest BCUT2D eigenvalue weighted by Crippen LogP contribution is 2.29. The van der Waals surface area contributed by atoms with E-state index in [1.165, 1.54) is 19.2 Å². The van der Waals surface area contributed by atoms with Crippen LogP contribution in [0, 0.1) is 0 Å². The summed E-state index contributed by atoms with van der Waals surface area (Å²) < 4.78 is 4.83. The van der Waals surface area contributed by atoms with Crippen molar-refractivity contribution in [2.24, 2.45) is 5.11 Å². The van der Waals surface area contributed by atoms with Crippen molar-refractivity contribution in [1.82, 2.24) is 0 Å². The Morgan fingerprint density at radius 2 is 2.40 bits per heavy atom. The number of carbonyl (C=O) groups is 1. The maximum Gasteiger partial charge on any atom is 0.160 e. The number of hydrogen-bond donors (Lipinski definition) is 1. The van der Waals surface area contributed by atoms with Crippen LogP contribution in [0.2, 0.25) is 0 Å². The Bertz CT molecular complexity index is 413. The van der Waals surface area contributed by atoms with Crippen molar-refractivity contribution < 1.29 is 14.6 Å². The van der Waals surface area contributed by atoms with Crippen molar-refractivity contribution in [2.45, 2.75) is 6.04 Å². The van der Waals surface area contributed by atoms with Crippen LogP contribution in [-0.4, -0.2) is 18.5 Å². The van der Waals surface area contributed by atoms with Gasteiger partial charge in [-0.25, -0.2) is 0 Å². The molecule has 1 unspecified atom stereocenters. The molecule has 0 aliphatic heterocycles. The maximum absolute atomic E-state index is 10.6. The van der Waals surface area contributed by atoms with Gasteiger partial charge in [0.2, 0.25) is 0 Å². The first kappa shape index (κ1) is 10.9. The maximum atomic E-state index is 10.6. The van der Waals surface area contributed by atoms with Crippen LogP contribution in [0.4, 0.5) is 0 Å². The van der Waals surface area contributed by atoms with E-state index >= 15 is 0 Å². The smallest absolute Gasteiger partial charge is 0.160 e. The number of hydrogen-bond acceptors (Lipinski definition) is 4. The number of azide groups is 1. The molecule has 6 heteroatoms. The molecule has 15 heavy (non-hydrogen) atoms. The third kappa shape index (κ3) is 2.38. The number of rotatable bonds is 4. The zero-order valence-electron chi connectivity index (χ0n) is 7.99. The van der Waals surface area contributed by atoms with Crippen molar-refractivity contribution in [3.8, 4) is 11.5 Å². The summed E-state index contributed by atoms with van der Waals surface area (Å²) >= 11 is 0. The Morgan fingerprint density at radius 3 is 2.87 bits per heavy atom. The van der Waals surface area contributed by atoms with Gasteiger partial charge in [-0.05, 0) is 23.2 Å². The Balaban J connectivity index is 3.10. The lowest BCUT2D eigenvalue weighted by molar-refractivity contribution is -0.108. The molecule has 1 aromatic rings. The average Bonchev–Trinajstić information content (AvgIpc) is 2.25. The molecule has 1 rings (SSSR count). The summed E-state index contributed by atoms with van der Waals surface area (Å²) in [5.41, 5.74) is 8.63. The summed E-state index contributed by atoms with van der Waals surface area (Å²) in [6.45, 7) is 0. The van der Waals surface area contributed by atoms with E-state index in [0.717, 1.165) is 0 Å². The molecule has 0 saturated heterocycles. The van der Waals surface area contributed by atoms with Gasteiger partial charge in [-0.1, -0.05) is 11.2 Å². The molecule has 0 bridgehead atoms. The van der Waals surface area contributed by atoms with Crippen molar-refractivity contribution in [1.29, 1.82) is 0 Å². The van der Waals surface area contributed by atoms with Crippen LogP contribution in [0.5, 0.6) is 11.5 Å². The molecule has 1 aromatic carbocycles. The molecule has 0 aliphatic carbocycles. The number of ether oxygens (including phenoxy) is 1. The Labute approximate surface area is 85.7 Å². The fourth-order valence-corrected chi connectivity index (χ4v) is 1.12. The molecular weight excluding hydrogens is 198 g/mol. The molecule has 0 amide bonds. The van der Waals surface area contributed by atoms with E-state index in [1.807, 2.05) is 0 Å².